The highest BCUT2D eigenvalue weighted by Gasteiger charge is 2.34. The third kappa shape index (κ3) is 1.48. The SMILES string of the molecule is CN1C2CCCC1CC(Br)C2. The highest BCUT2D eigenvalue weighted by molar-refractivity contribution is 9.09. The molecule has 0 N–H and O–H groups in total. The van der Waals surface area contributed by atoms with Crippen LogP contribution in [0.15, 0.2) is 0 Å². The molecule has 2 atom stereocenters. The Morgan fingerprint density at radius 2 is 1.73 bits per heavy atom. The van der Waals surface area contributed by atoms with Gasteiger partial charge in [-0.1, -0.05) is 22.4 Å². The van der Waals surface area contributed by atoms with Crippen LogP contribution in [-0.2, 0) is 0 Å². The summed E-state index contributed by atoms with van der Waals surface area (Å²) >= 11 is 3.74. The third-order valence-electron chi connectivity index (χ3n) is 3.28. The van der Waals surface area contributed by atoms with E-state index in [-0.39, 0.29) is 0 Å². The van der Waals surface area contributed by atoms with Crippen LogP contribution < -0.4 is 0 Å². The molecular weight excluding hydrogens is 202 g/mol. The summed E-state index contributed by atoms with van der Waals surface area (Å²) in [6.07, 6.45) is 7.05. The van der Waals surface area contributed by atoms with E-state index in [4.69, 9.17) is 0 Å². The van der Waals surface area contributed by atoms with E-state index in [2.05, 4.69) is 27.9 Å². The fourth-order valence-corrected chi connectivity index (χ4v) is 3.41. The Balaban J connectivity index is 2.07. The van der Waals surface area contributed by atoms with E-state index in [0.29, 0.717) is 0 Å². The molecule has 2 unspecified atom stereocenters. The van der Waals surface area contributed by atoms with Gasteiger partial charge in [0.1, 0.15) is 0 Å². The Labute approximate surface area is 77.3 Å². The lowest BCUT2D eigenvalue weighted by atomic mass is 9.85. The van der Waals surface area contributed by atoms with E-state index < -0.39 is 0 Å². The standard InChI is InChI=1S/C9H16BrN/c1-11-8-3-2-4-9(11)6-7(10)5-8/h7-9H,2-6H2,1H3. The molecule has 11 heavy (non-hydrogen) atoms. The minimum atomic E-state index is 0.800. The molecule has 2 heteroatoms. The van der Waals surface area contributed by atoms with Crippen LogP contribution in [0.5, 0.6) is 0 Å². The Kier molecular flexibility index (Phi) is 2.24. The van der Waals surface area contributed by atoms with Gasteiger partial charge >= 0.3 is 0 Å². The van der Waals surface area contributed by atoms with Crippen molar-refractivity contribution < 1.29 is 0 Å². The molecule has 0 aromatic heterocycles. The topological polar surface area (TPSA) is 3.24 Å². The summed E-state index contributed by atoms with van der Waals surface area (Å²) in [4.78, 5) is 3.40. The van der Waals surface area contributed by atoms with Crippen molar-refractivity contribution in [3.63, 3.8) is 0 Å². The van der Waals surface area contributed by atoms with Gasteiger partial charge in [-0.2, -0.15) is 0 Å². The molecule has 2 bridgehead atoms. The number of piperidine rings is 2. The van der Waals surface area contributed by atoms with Crippen LogP contribution in [0.3, 0.4) is 0 Å². The summed E-state index contributed by atoms with van der Waals surface area (Å²) in [5.41, 5.74) is 0. The van der Waals surface area contributed by atoms with Crippen molar-refractivity contribution in [1.29, 1.82) is 0 Å². The van der Waals surface area contributed by atoms with Crippen molar-refractivity contribution in [3.05, 3.63) is 0 Å². The predicted octanol–water partition coefficient (Wildman–Crippen LogP) is 2.40. The van der Waals surface area contributed by atoms with Crippen molar-refractivity contribution >= 4 is 15.9 Å². The quantitative estimate of drug-likeness (QED) is 0.564. The zero-order valence-corrected chi connectivity index (χ0v) is 8.68. The maximum Gasteiger partial charge on any atom is 0.0175 e. The molecule has 2 saturated heterocycles. The molecule has 2 rings (SSSR count). The van der Waals surface area contributed by atoms with Crippen LogP contribution in [-0.4, -0.2) is 28.9 Å². The molecule has 2 fully saturated rings. The minimum absolute atomic E-state index is 0.800. The molecule has 0 aliphatic carbocycles. The second-order valence-corrected chi connectivity index (χ2v) is 5.27. The number of halogens is 1. The largest absolute Gasteiger partial charge is 0.300 e. The maximum absolute atomic E-state index is 3.74. The van der Waals surface area contributed by atoms with E-state index >= 15 is 0 Å². The smallest absolute Gasteiger partial charge is 0.0175 e. The Bertz CT molecular complexity index is 134. The van der Waals surface area contributed by atoms with Gasteiger partial charge in [0, 0.05) is 16.9 Å². The molecule has 0 amide bonds. The van der Waals surface area contributed by atoms with Gasteiger partial charge in [0.15, 0.2) is 0 Å². The van der Waals surface area contributed by atoms with E-state index in [1.54, 1.807) is 0 Å². The summed E-state index contributed by atoms with van der Waals surface area (Å²) in [6, 6.07) is 1.76. The molecule has 0 aromatic carbocycles. The lowest BCUT2D eigenvalue weighted by Crippen LogP contribution is -2.49. The van der Waals surface area contributed by atoms with Crippen LogP contribution >= 0.6 is 15.9 Å². The van der Waals surface area contributed by atoms with E-state index in [9.17, 15) is 0 Å². The maximum atomic E-state index is 3.74. The van der Waals surface area contributed by atoms with Crippen LogP contribution in [0.25, 0.3) is 0 Å². The van der Waals surface area contributed by atoms with Gasteiger partial charge in [-0.15, -0.1) is 0 Å². The minimum Gasteiger partial charge on any atom is -0.300 e. The van der Waals surface area contributed by atoms with Gasteiger partial charge in [0.25, 0.3) is 0 Å². The average molecular weight is 218 g/mol. The van der Waals surface area contributed by atoms with E-state index in [1.165, 1.54) is 32.1 Å². The predicted molar refractivity (Wildman–Crippen MR) is 51.1 cm³/mol. The molecule has 2 aliphatic rings. The molecular formula is C9H16BrN. The Hall–Kier alpha value is 0.440. The fraction of sp³-hybridized carbons (Fsp3) is 1.00. The number of nitrogens with zero attached hydrogens (tertiary/aromatic N) is 1. The number of hydrogen-bond donors (Lipinski definition) is 0. The van der Waals surface area contributed by atoms with Crippen molar-refractivity contribution in [1.82, 2.24) is 4.90 Å². The highest BCUT2D eigenvalue weighted by Crippen LogP contribution is 2.35. The lowest BCUT2D eigenvalue weighted by molar-refractivity contribution is 0.0717. The number of hydrogen-bond acceptors (Lipinski definition) is 1. The summed E-state index contributed by atoms with van der Waals surface area (Å²) in [5, 5.41) is 0. The molecule has 1 nitrogen and oxygen atoms in total. The normalized spacial score (nSPS) is 45.8. The van der Waals surface area contributed by atoms with Gasteiger partial charge in [-0.25, -0.2) is 0 Å². The Morgan fingerprint density at radius 3 is 2.27 bits per heavy atom. The van der Waals surface area contributed by atoms with E-state index in [0.717, 1.165) is 16.9 Å². The van der Waals surface area contributed by atoms with Crippen LogP contribution in [0.4, 0.5) is 0 Å². The van der Waals surface area contributed by atoms with Gasteiger partial charge in [0.05, 0.1) is 0 Å². The first-order valence-electron chi connectivity index (χ1n) is 4.63. The summed E-state index contributed by atoms with van der Waals surface area (Å²) < 4.78 is 0. The second-order valence-electron chi connectivity index (χ2n) is 3.97. The van der Waals surface area contributed by atoms with Crippen LogP contribution in [0, 0.1) is 0 Å². The second kappa shape index (κ2) is 3.06. The average Bonchev–Trinajstić information content (AvgIpc) is 1.92. The molecule has 0 saturated carbocycles. The molecule has 2 heterocycles. The molecule has 64 valence electrons. The molecule has 0 radical (unpaired) electrons. The number of fused-ring (bicyclic) bond motifs is 2. The monoisotopic (exact) mass is 217 g/mol. The number of rotatable bonds is 0. The van der Waals surface area contributed by atoms with Gasteiger partial charge < -0.3 is 4.90 Å². The van der Waals surface area contributed by atoms with Crippen molar-refractivity contribution in [2.24, 2.45) is 0 Å². The van der Waals surface area contributed by atoms with Crippen LogP contribution in [0.1, 0.15) is 32.1 Å². The van der Waals surface area contributed by atoms with Gasteiger partial charge in [0.2, 0.25) is 0 Å². The summed E-state index contributed by atoms with van der Waals surface area (Å²) in [7, 11) is 2.30. The third-order valence-corrected chi connectivity index (χ3v) is 4.03. The first-order chi connectivity index (χ1) is 5.27. The summed E-state index contributed by atoms with van der Waals surface area (Å²) in [5.74, 6) is 0. The lowest BCUT2D eigenvalue weighted by Gasteiger charge is -2.45. The first kappa shape index (κ1) is 8.06. The highest BCUT2D eigenvalue weighted by atomic mass is 79.9. The van der Waals surface area contributed by atoms with Crippen molar-refractivity contribution in [2.45, 2.75) is 49.0 Å². The molecule has 0 spiro atoms. The summed E-state index contributed by atoms with van der Waals surface area (Å²) in [6.45, 7) is 0. The molecule has 0 aromatic rings. The van der Waals surface area contributed by atoms with Crippen molar-refractivity contribution in [3.8, 4) is 0 Å². The van der Waals surface area contributed by atoms with Gasteiger partial charge in [-0.3, -0.25) is 0 Å². The Morgan fingerprint density at radius 1 is 1.18 bits per heavy atom. The van der Waals surface area contributed by atoms with Crippen molar-refractivity contribution in [2.75, 3.05) is 7.05 Å². The zero-order valence-electron chi connectivity index (χ0n) is 7.09. The molecule has 2 aliphatic heterocycles. The number of alkyl halides is 1. The van der Waals surface area contributed by atoms with E-state index in [1.807, 2.05) is 0 Å². The zero-order chi connectivity index (χ0) is 7.84. The van der Waals surface area contributed by atoms with Gasteiger partial charge in [-0.05, 0) is 32.7 Å². The first-order valence-corrected chi connectivity index (χ1v) is 5.55. The van der Waals surface area contributed by atoms with Crippen LogP contribution in [0.2, 0.25) is 0 Å². The fourth-order valence-electron chi connectivity index (χ4n) is 2.55.